The first-order chi connectivity index (χ1) is 8.06. The Kier molecular flexibility index (Phi) is 5.26. The zero-order valence-corrected chi connectivity index (χ0v) is 11.5. The van der Waals surface area contributed by atoms with Crippen molar-refractivity contribution in [2.75, 3.05) is 11.9 Å². The molecule has 0 amide bonds. The molecule has 0 saturated carbocycles. The molecule has 3 heteroatoms. The molecule has 0 spiro atoms. The Morgan fingerprint density at radius 1 is 1.35 bits per heavy atom. The van der Waals surface area contributed by atoms with E-state index in [-0.39, 0.29) is 0 Å². The normalized spacial score (nSPS) is 11.5. The first-order valence-corrected chi connectivity index (χ1v) is 6.42. The summed E-state index contributed by atoms with van der Waals surface area (Å²) in [5, 5.41) is 3.44. The predicted molar refractivity (Wildman–Crippen MR) is 74.1 cm³/mol. The van der Waals surface area contributed by atoms with Crippen molar-refractivity contribution in [3.8, 4) is 0 Å². The van der Waals surface area contributed by atoms with Gasteiger partial charge in [0, 0.05) is 25.5 Å². The summed E-state index contributed by atoms with van der Waals surface area (Å²) in [4.78, 5) is 4.33. The van der Waals surface area contributed by atoms with Crippen LogP contribution in [0.1, 0.15) is 27.7 Å². The second kappa shape index (κ2) is 6.48. The Morgan fingerprint density at radius 3 is 2.53 bits per heavy atom. The minimum atomic E-state index is 0.670. The van der Waals surface area contributed by atoms with Crippen LogP contribution >= 0.6 is 0 Å². The van der Waals surface area contributed by atoms with Gasteiger partial charge in [0.25, 0.3) is 0 Å². The van der Waals surface area contributed by atoms with E-state index in [0.29, 0.717) is 17.8 Å². The minimum Gasteiger partial charge on any atom is -0.355 e. The van der Waals surface area contributed by atoms with E-state index in [4.69, 9.17) is 0 Å². The smallest absolute Gasteiger partial charge is 0.203 e. The molecule has 1 aromatic rings. The van der Waals surface area contributed by atoms with Crippen molar-refractivity contribution in [3.05, 3.63) is 25.0 Å². The highest BCUT2D eigenvalue weighted by atomic mass is 15.2. The van der Waals surface area contributed by atoms with Crippen molar-refractivity contribution in [3.63, 3.8) is 0 Å². The number of nitrogens with zero attached hydrogens (tertiary/aromatic N) is 2. The first kappa shape index (κ1) is 13.8. The number of hydrogen-bond acceptors (Lipinski definition) is 2. The van der Waals surface area contributed by atoms with E-state index >= 15 is 0 Å². The van der Waals surface area contributed by atoms with Crippen LogP contribution in [0.25, 0.3) is 0 Å². The van der Waals surface area contributed by atoms with Gasteiger partial charge in [-0.3, -0.25) is 0 Å². The van der Waals surface area contributed by atoms with Gasteiger partial charge >= 0.3 is 0 Å². The summed E-state index contributed by atoms with van der Waals surface area (Å²) in [5.41, 5.74) is 0. The number of allylic oxidation sites excluding steroid dienone is 1. The van der Waals surface area contributed by atoms with Crippen LogP contribution in [0.4, 0.5) is 5.95 Å². The van der Waals surface area contributed by atoms with Crippen LogP contribution in [0.5, 0.6) is 0 Å². The van der Waals surface area contributed by atoms with Crippen LogP contribution in [-0.4, -0.2) is 16.1 Å². The molecule has 0 saturated heterocycles. The quantitative estimate of drug-likeness (QED) is 0.734. The average molecular weight is 235 g/mol. The maximum absolute atomic E-state index is 4.33. The Labute approximate surface area is 105 Å². The van der Waals surface area contributed by atoms with Crippen molar-refractivity contribution in [1.29, 1.82) is 0 Å². The molecule has 0 radical (unpaired) electrons. The lowest BCUT2D eigenvalue weighted by Crippen LogP contribution is -2.25. The highest BCUT2D eigenvalue weighted by Gasteiger charge is 2.17. The molecule has 1 rings (SSSR count). The van der Waals surface area contributed by atoms with Crippen molar-refractivity contribution >= 4 is 5.95 Å². The number of imidazole rings is 1. The predicted octanol–water partition coefficient (Wildman–Crippen LogP) is 3.41. The van der Waals surface area contributed by atoms with E-state index in [2.05, 4.69) is 49.1 Å². The molecule has 0 fully saturated rings. The van der Waals surface area contributed by atoms with Crippen molar-refractivity contribution in [1.82, 2.24) is 9.55 Å². The van der Waals surface area contributed by atoms with Gasteiger partial charge in [0.05, 0.1) is 0 Å². The molecule has 3 nitrogen and oxygen atoms in total. The van der Waals surface area contributed by atoms with Crippen LogP contribution in [0, 0.1) is 17.8 Å². The summed E-state index contributed by atoms with van der Waals surface area (Å²) in [6.07, 6.45) is 5.69. The summed E-state index contributed by atoms with van der Waals surface area (Å²) in [5.74, 6) is 2.98. The molecule has 0 aliphatic rings. The van der Waals surface area contributed by atoms with Gasteiger partial charge in [-0.1, -0.05) is 33.8 Å². The number of nitrogens with one attached hydrogen (secondary N) is 1. The Morgan fingerprint density at radius 2 is 2.00 bits per heavy atom. The maximum atomic E-state index is 4.33. The standard InChI is InChI=1S/C14H25N3/c1-6-8-17-9-7-15-14(17)16-10-13(11(2)3)12(4)5/h6-7,9,11-13H,1,8,10H2,2-5H3,(H,15,16). The lowest BCUT2D eigenvalue weighted by atomic mass is 9.85. The van der Waals surface area contributed by atoms with Crippen LogP contribution < -0.4 is 5.32 Å². The zero-order chi connectivity index (χ0) is 12.8. The number of aromatic nitrogens is 2. The molecule has 0 aliphatic heterocycles. The van der Waals surface area contributed by atoms with E-state index in [9.17, 15) is 0 Å². The summed E-state index contributed by atoms with van der Waals surface area (Å²) in [6.45, 7) is 14.7. The van der Waals surface area contributed by atoms with Gasteiger partial charge in [-0.25, -0.2) is 4.98 Å². The second-order valence-corrected chi connectivity index (χ2v) is 5.22. The summed E-state index contributed by atoms with van der Waals surface area (Å²) in [6, 6.07) is 0. The van der Waals surface area contributed by atoms with Crippen LogP contribution in [0.3, 0.4) is 0 Å². The average Bonchev–Trinajstić information content (AvgIpc) is 2.65. The molecule has 0 atom stereocenters. The monoisotopic (exact) mass is 235 g/mol. The third-order valence-corrected chi connectivity index (χ3v) is 3.25. The second-order valence-electron chi connectivity index (χ2n) is 5.22. The Hall–Kier alpha value is -1.25. The molecular weight excluding hydrogens is 210 g/mol. The fourth-order valence-electron chi connectivity index (χ4n) is 2.21. The Balaban J connectivity index is 2.59. The SMILES string of the molecule is C=CCn1ccnc1NCC(C(C)C)C(C)C. The van der Waals surface area contributed by atoms with Crippen LogP contribution in [-0.2, 0) is 6.54 Å². The molecule has 1 aromatic heterocycles. The first-order valence-electron chi connectivity index (χ1n) is 6.42. The molecule has 0 aromatic carbocycles. The van der Waals surface area contributed by atoms with Gasteiger partial charge < -0.3 is 9.88 Å². The highest BCUT2D eigenvalue weighted by molar-refractivity contribution is 5.26. The topological polar surface area (TPSA) is 29.9 Å². The van der Waals surface area contributed by atoms with Crippen LogP contribution in [0.15, 0.2) is 25.0 Å². The largest absolute Gasteiger partial charge is 0.355 e. The van der Waals surface area contributed by atoms with Gasteiger partial charge in [0.15, 0.2) is 0 Å². The van der Waals surface area contributed by atoms with Crippen molar-refractivity contribution < 1.29 is 0 Å². The minimum absolute atomic E-state index is 0.670. The van der Waals surface area contributed by atoms with E-state index in [1.807, 2.05) is 18.5 Å². The van der Waals surface area contributed by atoms with Gasteiger partial charge in [0.1, 0.15) is 0 Å². The number of rotatable bonds is 7. The van der Waals surface area contributed by atoms with Crippen LogP contribution in [0.2, 0.25) is 0 Å². The third-order valence-electron chi connectivity index (χ3n) is 3.25. The van der Waals surface area contributed by atoms with E-state index in [0.717, 1.165) is 19.0 Å². The van der Waals surface area contributed by atoms with Gasteiger partial charge in [-0.15, -0.1) is 6.58 Å². The molecular formula is C14H25N3. The fraction of sp³-hybridized carbons (Fsp3) is 0.643. The van der Waals surface area contributed by atoms with Crippen molar-refractivity contribution in [2.24, 2.45) is 17.8 Å². The lowest BCUT2D eigenvalue weighted by Gasteiger charge is -2.25. The zero-order valence-electron chi connectivity index (χ0n) is 11.5. The van der Waals surface area contributed by atoms with Crippen molar-refractivity contribution in [2.45, 2.75) is 34.2 Å². The molecule has 96 valence electrons. The number of hydrogen-bond donors (Lipinski definition) is 1. The molecule has 0 unspecified atom stereocenters. The third kappa shape index (κ3) is 3.91. The number of anilines is 1. The molecule has 0 aliphatic carbocycles. The fourth-order valence-corrected chi connectivity index (χ4v) is 2.21. The maximum Gasteiger partial charge on any atom is 0.203 e. The Bertz CT molecular complexity index is 331. The summed E-state index contributed by atoms with van der Waals surface area (Å²) in [7, 11) is 0. The highest BCUT2D eigenvalue weighted by Crippen LogP contribution is 2.20. The van der Waals surface area contributed by atoms with E-state index in [1.165, 1.54) is 0 Å². The van der Waals surface area contributed by atoms with E-state index < -0.39 is 0 Å². The molecule has 1 heterocycles. The van der Waals surface area contributed by atoms with Gasteiger partial charge in [-0.05, 0) is 17.8 Å². The van der Waals surface area contributed by atoms with E-state index in [1.54, 1.807) is 0 Å². The molecule has 17 heavy (non-hydrogen) atoms. The summed E-state index contributed by atoms with van der Waals surface area (Å²) >= 11 is 0. The molecule has 0 bridgehead atoms. The lowest BCUT2D eigenvalue weighted by molar-refractivity contribution is 0.304. The molecule has 1 N–H and O–H groups in total. The van der Waals surface area contributed by atoms with Gasteiger partial charge in [0.2, 0.25) is 5.95 Å². The van der Waals surface area contributed by atoms with Gasteiger partial charge in [-0.2, -0.15) is 0 Å². The summed E-state index contributed by atoms with van der Waals surface area (Å²) < 4.78 is 2.07.